The van der Waals surface area contributed by atoms with Gasteiger partial charge in [0.05, 0.1) is 36.7 Å². The van der Waals surface area contributed by atoms with Crippen molar-refractivity contribution in [3.05, 3.63) is 18.3 Å². The smallest absolute Gasteiger partial charge is 0.123 e. The number of anilines is 2. The molecule has 5 nitrogen and oxygen atoms in total. The quantitative estimate of drug-likeness (QED) is 0.849. The molecular formula is C14H20N4O. The SMILES string of the molecule is Nc1ccc(N2CCN(C3COC3)CC23CC3)cn1. The van der Waals surface area contributed by atoms with E-state index in [1.165, 1.54) is 25.1 Å². The van der Waals surface area contributed by atoms with Crippen LogP contribution in [0.5, 0.6) is 0 Å². The van der Waals surface area contributed by atoms with Crippen molar-refractivity contribution >= 4 is 11.5 Å². The molecule has 1 aromatic heterocycles. The number of nitrogen functional groups attached to an aromatic ring is 1. The predicted molar refractivity (Wildman–Crippen MR) is 74.1 cm³/mol. The first-order valence-electron chi connectivity index (χ1n) is 7.08. The van der Waals surface area contributed by atoms with Crippen LogP contribution in [0.25, 0.3) is 0 Å². The normalized spacial score (nSPS) is 26.4. The van der Waals surface area contributed by atoms with Crippen molar-refractivity contribution in [2.45, 2.75) is 24.4 Å². The van der Waals surface area contributed by atoms with E-state index >= 15 is 0 Å². The molecular weight excluding hydrogens is 240 g/mol. The van der Waals surface area contributed by atoms with Crippen LogP contribution in [0.15, 0.2) is 18.3 Å². The topological polar surface area (TPSA) is 54.6 Å². The molecule has 1 saturated carbocycles. The minimum atomic E-state index is 0.353. The number of hydrogen-bond donors (Lipinski definition) is 1. The van der Waals surface area contributed by atoms with Crippen molar-refractivity contribution in [1.29, 1.82) is 0 Å². The molecule has 0 aromatic carbocycles. The molecule has 2 saturated heterocycles. The van der Waals surface area contributed by atoms with Crippen molar-refractivity contribution in [1.82, 2.24) is 9.88 Å². The molecule has 0 radical (unpaired) electrons. The highest BCUT2D eigenvalue weighted by Crippen LogP contribution is 2.46. The van der Waals surface area contributed by atoms with Gasteiger partial charge in [-0.05, 0) is 25.0 Å². The number of nitrogens with two attached hydrogens (primary N) is 1. The lowest BCUT2D eigenvalue weighted by molar-refractivity contribution is -0.0710. The first-order valence-corrected chi connectivity index (χ1v) is 7.08. The van der Waals surface area contributed by atoms with E-state index in [-0.39, 0.29) is 0 Å². The highest BCUT2D eigenvalue weighted by atomic mass is 16.5. The van der Waals surface area contributed by atoms with E-state index in [2.05, 4.69) is 20.9 Å². The summed E-state index contributed by atoms with van der Waals surface area (Å²) in [4.78, 5) is 9.38. The van der Waals surface area contributed by atoms with Crippen LogP contribution in [-0.4, -0.2) is 54.3 Å². The second-order valence-corrected chi connectivity index (χ2v) is 5.98. The summed E-state index contributed by atoms with van der Waals surface area (Å²) in [5.41, 5.74) is 7.25. The number of piperazine rings is 1. The molecule has 0 atom stereocenters. The van der Waals surface area contributed by atoms with E-state index in [1.54, 1.807) is 0 Å². The lowest BCUT2D eigenvalue weighted by Crippen LogP contribution is -2.61. The summed E-state index contributed by atoms with van der Waals surface area (Å²) in [6.07, 6.45) is 4.50. The fourth-order valence-electron chi connectivity index (χ4n) is 3.29. The highest BCUT2D eigenvalue weighted by Gasteiger charge is 2.52. The maximum Gasteiger partial charge on any atom is 0.123 e. The minimum absolute atomic E-state index is 0.353. The van der Waals surface area contributed by atoms with Gasteiger partial charge in [0.1, 0.15) is 5.82 Å². The summed E-state index contributed by atoms with van der Waals surface area (Å²) in [6.45, 7) is 5.21. The molecule has 3 fully saturated rings. The van der Waals surface area contributed by atoms with E-state index in [0.717, 1.165) is 26.3 Å². The molecule has 0 amide bonds. The standard InChI is InChI=1S/C14H20N4O/c15-13-2-1-11(7-16-13)18-6-5-17(12-8-19-9-12)10-14(18)3-4-14/h1-2,7,12H,3-6,8-10H2,(H2,15,16). The van der Waals surface area contributed by atoms with Crippen LogP contribution in [0, 0.1) is 0 Å². The molecule has 1 aromatic rings. The number of hydrogen-bond acceptors (Lipinski definition) is 5. The van der Waals surface area contributed by atoms with Gasteiger partial charge in [-0.25, -0.2) is 4.98 Å². The van der Waals surface area contributed by atoms with Gasteiger partial charge in [0.2, 0.25) is 0 Å². The Morgan fingerprint density at radius 2 is 2.11 bits per heavy atom. The molecule has 3 heterocycles. The van der Waals surface area contributed by atoms with Gasteiger partial charge in [0, 0.05) is 19.6 Å². The number of nitrogens with zero attached hydrogens (tertiary/aromatic N) is 3. The van der Waals surface area contributed by atoms with Crippen LogP contribution in [0.1, 0.15) is 12.8 Å². The average molecular weight is 260 g/mol. The van der Waals surface area contributed by atoms with Crippen molar-refractivity contribution in [2.24, 2.45) is 0 Å². The summed E-state index contributed by atoms with van der Waals surface area (Å²) >= 11 is 0. The molecule has 19 heavy (non-hydrogen) atoms. The first-order chi connectivity index (χ1) is 9.27. The Kier molecular flexibility index (Phi) is 2.47. The van der Waals surface area contributed by atoms with Crippen molar-refractivity contribution in [3.63, 3.8) is 0 Å². The largest absolute Gasteiger partial charge is 0.384 e. The minimum Gasteiger partial charge on any atom is -0.384 e. The van der Waals surface area contributed by atoms with Crippen LogP contribution in [0.4, 0.5) is 11.5 Å². The first kappa shape index (κ1) is 11.5. The van der Waals surface area contributed by atoms with Gasteiger partial charge in [-0.1, -0.05) is 0 Å². The third-order valence-corrected chi connectivity index (χ3v) is 4.73. The van der Waals surface area contributed by atoms with Crippen LogP contribution >= 0.6 is 0 Å². The van der Waals surface area contributed by atoms with Crippen molar-refractivity contribution < 1.29 is 4.74 Å². The lowest BCUT2D eigenvalue weighted by Gasteiger charge is -2.48. The van der Waals surface area contributed by atoms with Gasteiger partial charge in [-0.2, -0.15) is 0 Å². The van der Waals surface area contributed by atoms with E-state index in [1.807, 2.05) is 12.3 Å². The zero-order valence-corrected chi connectivity index (χ0v) is 11.1. The van der Waals surface area contributed by atoms with E-state index in [0.29, 0.717) is 17.4 Å². The second-order valence-electron chi connectivity index (χ2n) is 5.98. The molecule has 4 rings (SSSR count). The Morgan fingerprint density at radius 1 is 1.26 bits per heavy atom. The summed E-state index contributed by atoms with van der Waals surface area (Å²) < 4.78 is 5.32. The number of ether oxygens (including phenoxy) is 1. The molecule has 1 spiro atoms. The Labute approximate surface area is 113 Å². The van der Waals surface area contributed by atoms with Gasteiger partial charge in [-0.3, -0.25) is 4.90 Å². The number of rotatable bonds is 2. The zero-order valence-electron chi connectivity index (χ0n) is 11.1. The molecule has 2 aliphatic heterocycles. The summed E-state index contributed by atoms with van der Waals surface area (Å²) in [5, 5.41) is 0. The van der Waals surface area contributed by atoms with Gasteiger partial charge >= 0.3 is 0 Å². The van der Waals surface area contributed by atoms with E-state index in [4.69, 9.17) is 10.5 Å². The lowest BCUT2D eigenvalue weighted by atomic mass is 10.1. The van der Waals surface area contributed by atoms with Crippen LogP contribution in [-0.2, 0) is 4.74 Å². The Balaban J connectivity index is 1.53. The van der Waals surface area contributed by atoms with Gasteiger partial charge in [0.15, 0.2) is 0 Å². The fraction of sp³-hybridized carbons (Fsp3) is 0.643. The zero-order chi connectivity index (χ0) is 12.9. The molecule has 102 valence electrons. The molecule has 3 aliphatic rings. The maximum absolute atomic E-state index is 5.68. The maximum atomic E-state index is 5.68. The summed E-state index contributed by atoms with van der Waals surface area (Å²) in [5.74, 6) is 0.596. The van der Waals surface area contributed by atoms with Crippen LogP contribution < -0.4 is 10.6 Å². The van der Waals surface area contributed by atoms with Gasteiger partial charge < -0.3 is 15.4 Å². The molecule has 0 bridgehead atoms. The van der Waals surface area contributed by atoms with Crippen LogP contribution in [0.3, 0.4) is 0 Å². The average Bonchev–Trinajstić information content (AvgIpc) is 3.09. The Morgan fingerprint density at radius 3 is 2.68 bits per heavy atom. The second kappa shape index (κ2) is 4.08. The Hall–Kier alpha value is -1.33. The summed E-state index contributed by atoms with van der Waals surface area (Å²) in [6, 6.07) is 4.66. The van der Waals surface area contributed by atoms with Crippen LogP contribution in [0.2, 0.25) is 0 Å². The third-order valence-electron chi connectivity index (χ3n) is 4.73. The number of aromatic nitrogens is 1. The fourth-order valence-corrected chi connectivity index (χ4v) is 3.29. The molecule has 0 unspecified atom stereocenters. The van der Waals surface area contributed by atoms with Crippen molar-refractivity contribution in [3.8, 4) is 0 Å². The van der Waals surface area contributed by atoms with Gasteiger partial charge in [-0.15, -0.1) is 0 Å². The van der Waals surface area contributed by atoms with Crippen molar-refractivity contribution in [2.75, 3.05) is 43.5 Å². The molecule has 5 heteroatoms. The van der Waals surface area contributed by atoms with E-state index < -0.39 is 0 Å². The Bertz CT molecular complexity index is 467. The molecule has 1 aliphatic carbocycles. The predicted octanol–water partition coefficient (Wildman–Crippen LogP) is 0.717. The van der Waals surface area contributed by atoms with E-state index in [9.17, 15) is 0 Å². The third kappa shape index (κ3) is 1.88. The summed E-state index contributed by atoms with van der Waals surface area (Å²) in [7, 11) is 0. The molecule has 2 N–H and O–H groups in total. The van der Waals surface area contributed by atoms with Gasteiger partial charge in [0.25, 0.3) is 0 Å². The monoisotopic (exact) mass is 260 g/mol. The number of pyridine rings is 1. The highest BCUT2D eigenvalue weighted by molar-refractivity contribution is 5.53.